The van der Waals surface area contributed by atoms with Crippen molar-refractivity contribution in [1.82, 2.24) is 9.97 Å². The molecule has 0 aliphatic rings. The van der Waals surface area contributed by atoms with Crippen LogP contribution in [0.25, 0.3) is 10.2 Å². The Kier molecular flexibility index (Phi) is 4.96. The van der Waals surface area contributed by atoms with Crippen LogP contribution in [0.15, 0.2) is 23.5 Å². The Morgan fingerprint density at radius 3 is 2.64 bits per heavy atom. The maximum atomic E-state index is 13.6. The number of hydrogen-bond donors (Lipinski definition) is 1. The minimum absolute atomic E-state index is 0.0567. The molecule has 0 fully saturated rings. The summed E-state index contributed by atoms with van der Waals surface area (Å²) in [7, 11) is 0. The van der Waals surface area contributed by atoms with Crippen molar-refractivity contribution >= 4 is 44.9 Å². The quantitative estimate of drug-likeness (QED) is 0.411. The number of fused-ring (bicyclic) bond motifs is 1. The molecule has 1 N–H and O–H groups in total. The minimum atomic E-state index is -1.31. The highest BCUT2D eigenvalue weighted by molar-refractivity contribution is 8.00. The average molecular weight is 383 g/mol. The average Bonchev–Trinajstić information content (AvgIpc) is 2.86. The number of thioether (sulfide) groups is 1. The van der Waals surface area contributed by atoms with Gasteiger partial charge in [0.1, 0.15) is 22.0 Å². The van der Waals surface area contributed by atoms with Gasteiger partial charge in [0.15, 0.2) is 11.6 Å². The number of hydrogen-bond acceptors (Lipinski definition) is 5. The Morgan fingerprint density at radius 1 is 1.16 bits per heavy atom. The summed E-state index contributed by atoms with van der Waals surface area (Å²) in [5.41, 5.74) is 0.648. The van der Waals surface area contributed by atoms with Crippen LogP contribution in [0.2, 0.25) is 0 Å². The van der Waals surface area contributed by atoms with Gasteiger partial charge in [-0.1, -0.05) is 11.8 Å². The first-order valence-corrected chi connectivity index (χ1v) is 8.95. The summed E-state index contributed by atoms with van der Waals surface area (Å²) in [6, 6.07) is 1.01. The highest BCUT2D eigenvalue weighted by Crippen LogP contribution is 2.34. The van der Waals surface area contributed by atoms with Crippen LogP contribution < -0.4 is 5.32 Å². The molecule has 0 unspecified atom stereocenters. The van der Waals surface area contributed by atoms with Crippen molar-refractivity contribution in [3.05, 3.63) is 46.4 Å². The predicted molar refractivity (Wildman–Crippen MR) is 92.6 cm³/mol. The van der Waals surface area contributed by atoms with Crippen molar-refractivity contribution in [2.75, 3.05) is 11.1 Å². The molecule has 0 saturated heterocycles. The number of carbonyl (C=O) groups excluding carboxylic acids is 1. The van der Waals surface area contributed by atoms with E-state index in [1.165, 1.54) is 18.1 Å². The van der Waals surface area contributed by atoms with Gasteiger partial charge < -0.3 is 5.32 Å². The molecule has 0 aliphatic carbocycles. The number of amides is 1. The number of aromatic nitrogens is 2. The summed E-state index contributed by atoms with van der Waals surface area (Å²) < 4.78 is 39.6. The lowest BCUT2D eigenvalue weighted by molar-refractivity contribution is -0.113. The van der Waals surface area contributed by atoms with Crippen molar-refractivity contribution in [3.63, 3.8) is 0 Å². The predicted octanol–water partition coefficient (Wildman–Crippen LogP) is 4.46. The molecule has 1 aromatic carbocycles. The molecule has 9 heteroatoms. The molecule has 2 heterocycles. The Labute approximate surface area is 149 Å². The van der Waals surface area contributed by atoms with Gasteiger partial charge in [-0.3, -0.25) is 4.79 Å². The van der Waals surface area contributed by atoms with E-state index in [4.69, 9.17) is 0 Å². The first-order chi connectivity index (χ1) is 11.9. The summed E-state index contributed by atoms with van der Waals surface area (Å²) in [6.07, 6.45) is 1.42. The van der Waals surface area contributed by atoms with Gasteiger partial charge in [-0.2, -0.15) is 0 Å². The van der Waals surface area contributed by atoms with Crippen LogP contribution in [0, 0.1) is 31.3 Å². The molecule has 0 aliphatic heterocycles. The zero-order chi connectivity index (χ0) is 18.1. The fourth-order valence-corrected chi connectivity index (χ4v) is 4.12. The molecular formula is C16H12F3N3OS2. The number of carbonyl (C=O) groups is 1. The van der Waals surface area contributed by atoms with Crippen LogP contribution in [0.4, 0.5) is 18.9 Å². The van der Waals surface area contributed by atoms with Crippen molar-refractivity contribution in [1.29, 1.82) is 0 Å². The highest BCUT2D eigenvalue weighted by Gasteiger charge is 2.15. The number of anilines is 1. The molecule has 0 radical (unpaired) electrons. The highest BCUT2D eigenvalue weighted by atomic mass is 32.2. The summed E-state index contributed by atoms with van der Waals surface area (Å²) in [5, 5.41) is 3.77. The molecule has 130 valence electrons. The van der Waals surface area contributed by atoms with Crippen molar-refractivity contribution in [2.45, 2.75) is 18.9 Å². The summed E-state index contributed by atoms with van der Waals surface area (Å²) in [5.74, 6) is -4.18. The van der Waals surface area contributed by atoms with Gasteiger partial charge in [-0.15, -0.1) is 11.3 Å². The van der Waals surface area contributed by atoms with Crippen molar-refractivity contribution < 1.29 is 18.0 Å². The molecular weight excluding hydrogens is 371 g/mol. The first-order valence-electron chi connectivity index (χ1n) is 7.14. The van der Waals surface area contributed by atoms with E-state index in [1.54, 1.807) is 11.3 Å². The maximum Gasteiger partial charge on any atom is 0.234 e. The largest absolute Gasteiger partial charge is 0.323 e. The van der Waals surface area contributed by atoms with Crippen LogP contribution in [-0.4, -0.2) is 21.6 Å². The van der Waals surface area contributed by atoms with E-state index in [9.17, 15) is 18.0 Å². The number of aryl methyl sites for hydroxylation is 2. The molecule has 3 rings (SSSR count). The van der Waals surface area contributed by atoms with E-state index in [0.717, 1.165) is 20.7 Å². The third kappa shape index (κ3) is 3.62. The number of nitrogens with zero attached hydrogens (tertiary/aromatic N) is 2. The SMILES string of the molecule is Cc1sc2ncnc(SCC(=O)Nc3cc(F)c(F)cc3F)c2c1C. The lowest BCUT2D eigenvalue weighted by Gasteiger charge is -2.07. The number of thiophene rings is 1. The van der Waals surface area contributed by atoms with E-state index in [-0.39, 0.29) is 5.75 Å². The van der Waals surface area contributed by atoms with Crippen LogP contribution in [0.5, 0.6) is 0 Å². The third-order valence-electron chi connectivity index (χ3n) is 3.55. The van der Waals surface area contributed by atoms with Crippen LogP contribution in [0.3, 0.4) is 0 Å². The molecule has 0 spiro atoms. The Morgan fingerprint density at radius 2 is 1.88 bits per heavy atom. The molecule has 0 atom stereocenters. The van der Waals surface area contributed by atoms with Gasteiger partial charge in [0, 0.05) is 22.4 Å². The Balaban J connectivity index is 1.74. The smallest absolute Gasteiger partial charge is 0.234 e. The second-order valence-corrected chi connectivity index (χ2v) is 7.39. The summed E-state index contributed by atoms with van der Waals surface area (Å²) in [4.78, 5) is 22.4. The summed E-state index contributed by atoms with van der Waals surface area (Å²) in [6.45, 7) is 3.94. The van der Waals surface area contributed by atoms with E-state index in [2.05, 4.69) is 15.3 Å². The standard InChI is InChI=1S/C16H12F3N3OS2/c1-7-8(2)25-16-14(7)15(20-6-21-16)24-5-13(23)22-12-4-10(18)9(17)3-11(12)19/h3-4,6H,5H2,1-2H3,(H,22,23). The second-order valence-electron chi connectivity index (χ2n) is 5.23. The first kappa shape index (κ1) is 17.7. The van der Waals surface area contributed by atoms with E-state index in [0.29, 0.717) is 17.2 Å². The lowest BCUT2D eigenvalue weighted by atomic mass is 10.2. The molecule has 25 heavy (non-hydrogen) atoms. The number of benzene rings is 1. The fourth-order valence-electron chi connectivity index (χ4n) is 2.20. The van der Waals surface area contributed by atoms with Crippen LogP contribution in [0.1, 0.15) is 10.4 Å². The molecule has 0 bridgehead atoms. The Bertz CT molecular complexity index is 975. The maximum absolute atomic E-state index is 13.6. The monoisotopic (exact) mass is 383 g/mol. The van der Waals surface area contributed by atoms with Crippen molar-refractivity contribution in [2.24, 2.45) is 0 Å². The summed E-state index contributed by atoms with van der Waals surface area (Å²) >= 11 is 2.71. The molecule has 3 aromatic rings. The van der Waals surface area contributed by atoms with Gasteiger partial charge in [0.2, 0.25) is 5.91 Å². The third-order valence-corrected chi connectivity index (χ3v) is 5.66. The second kappa shape index (κ2) is 7.01. The molecule has 0 saturated carbocycles. The minimum Gasteiger partial charge on any atom is -0.323 e. The molecule has 1 amide bonds. The van der Waals surface area contributed by atoms with Gasteiger partial charge >= 0.3 is 0 Å². The van der Waals surface area contributed by atoms with Crippen LogP contribution >= 0.6 is 23.1 Å². The van der Waals surface area contributed by atoms with Gasteiger partial charge in [-0.05, 0) is 19.4 Å². The van der Waals surface area contributed by atoms with Gasteiger partial charge in [0.05, 0.1) is 11.4 Å². The van der Waals surface area contributed by atoms with Gasteiger partial charge in [0.25, 0.3) is 0 Å². The van der Waals surface area contributed by atoms with Gasteiger partial charge in [-0.25, -0.2) is 23.1 Å². The van der Waals surface area contributed by atoms with Crippen LogP contribution in [-0.2, 0) is 4.79 Å². The molecule has 4 nitrogen and oxygen atoms in total. The van der Waals surface area contributed by atoms with E-state index >= 15 is 0 Å². The topological polar surface area (TPSA) is 54.9 Å². The Hall–Kier alpha value is -2.13. The van der Waals surface area contributed by atoms with Crippen molar-refractivity contribution in [3.8, 4) is 0 Å². The zero-order valence-electron chi connectivity index (χ0n) is 13.2. The normalized spacial score (nSPS) is 11.1. The van der Waals surface area contributed by atoms with E-state index < -0.39 is 29.0 Å². The zero-order valence-corrected chi connectivity index (χ0v) is 14.8. The number of nitrogens with one attached hydrogen (secondary N) is 1. The van der Waals surface area contributed by atoms with E-state index in [1.807, 2.05) is 13.8 Å². The molecule has 2 aromatic heterocycles. The lowest BCUT2D eigenvalue weighted by Crippen LogP contribution is -2.15. The number of rotatable bonds is 4. The number of halogens is 3. The fraction of sp³-hybridized carbons (Fsp3) is 0.188.